The standard InChI is InChI=1S/C16H21F4NO/c1-3-5-6-11(4-2)10-21-15(22)13-9-12(17)7-8-14(13)16(18,19)20/h7-9,11H,3-6,10H2,1-2H3,(H,21,22). The summed E-state index contributed by atoms with van der Waals surface area (Å²) in [7, 11) is 0. The molecule has 124 valence electrons. The number of nitrogens with one attached hydrogen (secondary N) is 1. The van der Waals surface area contributed by atoms with Crippen molar-refractivity contribution < 1.29 is 22.4 Å². The van der Waals surface area contributed by atoms with Crippen molar-refractivity contribution in [2.75, 3.05) is 6.54 Å². The molecule has 6 heteroatoms. The zero-order chi connectivity index (χ0) is 16.8. The molecule has 1 unspecified atom stereocenters. The minimum Gasteiger partial charge on any atom is -0.352 e. The van der Waals surface area contributed by atoms with Crippen molar-refractivity contribution in [2.24, 2.45) is 5.92 Å². The van der Waals surface area contributed by atoms with Gasteiger partial charge in [0.05, 0.1) is 11.1 Å². The van der Waals surface area contributed by atoms with Crippen LogP contribution in [0.5, 0.6) is 0 Å². The van der Waals surface area contributed by atoms with Gasteiger partial charge in [-0.05, 0) is 30.5 Å². The summed E-state index contributed by atoms with van der Waals surface area (Å²) in [5.74, 6) is -1.54. The fourth-order valence-electron chi connectivity index (χ4n) is 2.23. The zero-order valence-corrected chi connectivity index (χ0v) is 12.8. The van der Waals surface area contributed by atoms with E-state index in [1.165, 1.54) is 0 Å². The van der Waals surface area contributed by atoms with Gasteiger partial charge in [-0.15, -0.1) is 0 Å². The Balaban J connectivity index is 2.83. The van der Waals surface area contributed by atoms with Crippen LogP contribution in [0.4, 0.5) is 17.6 Å². The predicted octanol–water partition coefficient (Wildman–Crippen LogP) is 4.79. The number of carbonyl (C=O) groups is 1. The highest BCUT2D eigenvalue weighted by atomic mass is 19.4. The fraction of sp³-hybridized carbons (Fsp3) is 0.562. The molecule has 1 aromatic carbocycles. The van der Waals surface area contributed by atoms with Crippen LogP contribution in [0.1, 0.15) is 55.5 Å². The molecule has 0 aliphatic rings. The Labute approximate surface area is 127 Å². The molecule has 1 aromatic rings. The monoisotopic (exact) mass is 319 g/mol. The summed E-state index contributed by atoms with van der Waals surface area (Å²) < 4.78 is 51.8. The molecule has 1 amide bonds. The quantitative estimate of drug-likeness (QED) is 0.719. The molecule has 0 aromatic heterocycles. The van der Waals surface area contributed by atoms with Gasteiger partial charge in [-0.25, -0.2) is 4.39 Å². The molecule has 0 saturated carbocycles. The lowest BCUT2D eigenvalue weighted by molar-refractivity contribution is -0.138. The molecule has 0 bridgehead atoms. The Morgan fingerprint density at radius 3 is 2.50 bits per heavy atom. The van der Waals surface area contributed by atoms with Crippen LogP contribution in [0, 0.1) is 11.7 Å². The zero-order valence-electron chi connectivity index (χ0n) is 12.8. The molecular weight excluding hydrogens is 298 g/mol. The number of halogens is 4. The molecular formula is C16H21F4NO. The highest BCUT2D eigenvalue weighted by Crippen LogP contribution is 2.32. The second kappa shape index (κ2) is 8.15. The maximum atomic E-state index is 13.2. The second-order valence-corrected chi connectivity index (χ2v) is 5.31. The van der Waals surface area contributed by atoms with Crippen LogP contribution in [0.3, 0.4) is 0 Å². The van der Waals surface area contributed by atoms with Gasteiger partial charge in [0.1, 0.15) is 5.82 Å². The molecule has 2 nitrogen and oxygen atoms in total. The lowest BCUT2D eigenvalue weighted by Crippen LogP contribution is -2.31. The molecule has 22 heavy (non-hydrogen) atoms. The lowest BCUT2D eigenvalue weighted by atomic mass is 9.99. The topological polar surface area (TPSA) is 29.1 Å². The van der Waals surface area contributed by atoms with Crippen LogP contribution in [0.25, 0.3) is 0 Å². The summed E-state index contributed by atoms with van der Waals surface area (Å²) in [4.78, 5) is 12.0. The van der Waals surface area contributed by atoms with Crippen molar-refractivity contribution in [1.29, 1.82) is 0 Å². The maximum Gasteiger partial charge on any atom is 0.417 e. The Morgan fingerprint density at radius 2 is 1.95 bits per heavy atom. The molecule has 1 N–H and O–H groups in total. The predicted molar refractivity (Wildman–Crippen MR) is 77.0 cm³/mol. The molecule has 1 rings (SSSR count). The first-order valence-electron chi connectivity index (χ1n) is 7.44. The third-order valence-corrected chi connectivity index (χ3v) is 3.63. The first-order chi connectivity index (χ1) is 10.3. The van der Waals surface area contributed by atoms with Crippen molar-refractivity contribution in [3.05, 3.63) is 35.1 Å². The molecule has 0 spiro atoms. The minimum absolute atomic E-state index is 0.215. The Morgan fingerprint density at radius 1 is 1.27 bits per heavy atom. The van der Waals surface area contributed by atoms with E-state index in [4.69, 9.17) is 0 Å². The number of rotatable bonds is 7. The molecule has 1 atom stereocenters. The van der Waals surface area contributed by atoms with E-state index in [-0.39, 0.29) is 5.92 Å². The fourth-order valence-corrected chi connectivity index (χ4v) is 2.23. The van der Waals surface area contributed by atoms with E-state index >= 15 is 0 Å². The molecule has 0 fully saturated rings. The number of amides is 1. The number of hydrogen-bond donors (Lipinski definition) is 1. The smallest absolute Gasteiger partial charge is 0.352 e. The second-order valence-electron chi connectivity index (χ2n) is 5.31. The van der Waals surface area contributed by atoms with Gasteiger partial charge in [0.2, 0.25) is 0 Å². The number of unbranched alkanes of at least 4 members (excludes halogenated alkanes) is 1. The van der Waals surface area contributed by atoms with E-state index in [2.05, 4.69) is 5.32 Å². The van der Waals surface area contributed by atoms with E-state index in [1.807, 2.05) is 13.8 Å². The van der Waals surface area contributed by atoms with Crippen LogP contribution in [0.2, 0.25) is 0 Å². The number of carbonyl (C=O) groups excluding carboxylic acids is 1. The maximum absolute atomic E-state index is 13.2. The SMILES string of the molecule is CCCCC(CC)CNC(=O)c1cc(F)ccc1C(F)(F)F. The Bertz CT molecular complexity index is 499. The average Bonchev–Trinajstić information content (AvgIpc) is 2.45. The van der Waals surface area contributed by atoms with Gasteiger partial charge < -0.3 is 5.32 Å². The van der Waals surface area contributed by atoms with Crippen LogP contribution in [0.15, 0.2) is 18.2 Å². The van der Waals surface area contributed by atoms with Gasteiger partial charge in [0.25, 0.3) is 5.91 Å². The largest absolute Gasteiger partial charge is 0.417 e. The van der Waals surface area contributed by atoms with Crippen LogP contribution < -0.4 is 5.32 Å². The molecule has 0 aliphatic carbocycles. The van der Waals surface area contributed by atoms with Gasteiger partial charge in [0.15, 0.2) is 0 Å². The molecule has 0 aliphatic heterocycles. The van der Waals surface area contributed by atoms with Crippen molar-refractivity contribution in [2.45, 2.75) is 45.7 Å². The van der Waals surface area contributed by atoms with Crippen LogP contribution in [-0.4, -0.2) is 12.5 Å². The highest BCUT2D eigenvalue weighted by molar-refractivity contribution is 5.95. The number of hydrogen-bond acceptors (Lipinski definition) is 1. The van der Waals surface area contributed by atoms with Crippen molar-refractivity contribution in [1.82, 2.24) is 5.32 Å². The van der Waals surface area contributed by atoms with E-state index < -0.39 is 29.0 Å². The van der Waals surface area contributed by atoms with Crippen LogP contribution >= 0.6 is 0 Å². The van der Waals surface area contributed by atoms with Crippen molar-refractivity contribution in [3.63, 3.8) is 0 Å². The van der Waals surface area contributed by atoms with Crippen molar-refractivity contribution >= 4 is 5.91 Å². The van der Waals surface area contributed by atoms with Gasteiger partial charge >= 0.3 is 6.18 Å². The summed E-state index contributed by atoms with van der Waals surface area (Å²) >= 11 is 0. The van der Waals surface area contributed by atoms with Crippen molar-refractivity contribution in [3.8, 4) is 0 Å². The Kier molecular flexibility index (Phi) is 6.84. The van der Waals surface area contributed by atoms with E-state index in [0.29, 0.717) is 24.7 Å². The first-order valence-corrected chi connectivity index (χ1v) is 7.44. The molecule has 0 radical (unpaired) electrons. The third-order valence-electron chi connectivity index (χ3n) is 3.63. The van der Waals surface area contributed by atoms with E-state index in [1.54, 1.807) is 0 Å². The summed E-state index contributed by atoms with van der Waals surface area (Å²) in [5, 5.41) is 2.49. The third kappa shape index (κ3) is 5.31. The number of benzene rings is 1. The Hall–Kier alpha value is -1.59. The molecule has 0 heterocycles. The molecule has 0 saturated heterocycles. The summed E-state index contributed by atoms with van der Waals surface area (Å²) in [6.45, 7) is 4.31. The van der Waals surface area contributed by atoms with E-state index in [0.717, 1.165) is 25.7 Å². The van der Waals surface area contributed by atoms with Gasteiger partial charge in [-0.1, -0.05) is 33.1 Å². The van der Waals surface area contributed by atoms with E-state index in [9.17, 15) is 22.4 Å². The summed E-state index contributed by atoms with van der Waals surface area (Å²) in [6.07, 6.45) is -0.931. The minimum atomic E-state index is -4.69. The number of alkyl halides is 3. The normalized spacial score (nSPS) is 13.0. The van der Waals surface area contributed by atoms with Gasteiger partial charge in [-0.2, -0.15) is 13.2 Å². The summed E-state index contributed by atoms with van der Waals surface area (Å²) in [6, 6.07) is 1.93. The summed E-state index contributed by atoms with van der Waals surface area (Å²) in [5.41, 5.74) is -1.79. The lowest BCUT2D eigenvalue weighted by Gasteiger charge is -2.17. The first kappa shape index (κ1) is 18.5. The highest BCUT2D eigenvalue weighted by Gasteiger charge is 2.35. The van der Waals surface area contributed by atoms with Crippen LogP contribution in [-0.2, 0) is 6.18 Å². The van der Waals surface area contributed by atoms with Gasteiger partial charge in [-0.3, -0.25) is 4.79 Å². The average molecular weight is 319 g/mol. The van der Waals surface area contributed by atoms with Gasteiger partial charge in [0, 0.05) is 6.54 Å².